The summed E-state index contributed by atoms with van der Waals surface area (Å²) in [5.41, 5.74) is 1.61. The molecule has 0 aliphatic heterocycles. The van der Waals surface area contributed by atoms with Crippen LogP contribution >= 0.6 is 27.5 Å². The Balaban J connectivity index is 1.83. The lowest BCUT2D eigenvalue weighted by atomic mass is 10.1. The smallest absolute Gasteiger partial charge is 0.267 e. The van der Waals surface area contributed by atoms with E-state index in [0.717, 1.165) is 14.7 Å². The lowest BCUT2D eigenvalue weighted by molar-refractivity contribution is -0.117. The molecule has 5 nitrogen and oxygen atoms in total. The predicted octanol–water partition coefficient (Wildman–Crippen LogP) is 3.96. The second-order valence-corrected chi connectivity index (χ2v) is 6.54. The quantitative estimate of drug-likeness (QED) is 0.697. The fraction of sp³-hybridized carbons (Fsp3) is 0.0556. The van der Waals surface area contributed by atoms with E-state index in [9.17, 15) is 9.59 Å². The summed E-state index contributed by atoms with van der Waals surface area (Å²) in [5, 5.41) is 7.58. The van der Waals surface area contributed by atoms with Crippen molar-refractivity contribution in [1.29, 1.82) is 0 Å². The number of aromatic nitrogens is 2. The second kappa shape index (κ2) is 7.63. The van der Waals surface area contributed by atoms with Crippen molar-refractivity contribution in [2.24, 2.45) is 0 Å². The van der Waals surface area contributed by atoms with Crippen molar-refractivity contribution in [2.45, 2.75) is 6.54 Å². The molecule has 0 atom stereocenters. The summed E-state index contributed by atoms with van der Waals surface area (Å²) < 4.78 is 1.89. The molecule has 0 aliphatic carbocycles. The number of amides is 1. The highest BCUT2D eigenvalue weighted by atomic mass is 79.9. The van der Waals surface area contributed by atoms with Crippen molar-refractivity contribution in [3.8, 4) is 11.3 Å². The molecular weight excluding hydrogens is 406 g/mol. The lowest BCUT2D eigenvalue weighted by Gasteiger charge is -2.09. The van der Waals surface area contributed by atoms with Crippen molar-refractivity contribution >= 4 is 39.1 Å². The summed E-state index contributed by atoms with van der Waals surface area (Å²) in [7, 11) is 0. The summed E-state index contributed by atoms with van der Waals surface area (Å²) in [6, 6.07) is 17.4. The first kappa shape index (κ1) is 17.4. The number of nitrogens with zero attached hydrogens (tertiary/aromatic N) is 2. The van der Waals surface area contributed by atoms with Gasteiger partial charge in [-0.2, -0.15) is 5.10 Å². The third-order valence-corrected chi connectivity index (χ3v) is 4.35. The highest BCUT2D eigenvalue weighted by Gasteiger charge is 2.10. The van der Waals surface area contributed by atoms with Gasteiger partial charge in [-0.25, -0.2) is 4.68 Å². The Morgan fingerprint density at radius 3 is 2.68 bits per heavy atom. The van der Waals surface area contributed by atoms with Crippen molar-refractivity contribution in [1.82, 2.24) is 9.78 Å². The standard InChI is InChI=1S/C18H13BrClN3O2/c19-14-6-1-2-7-16(14)21-17(24)11-23-18(25)9-8-15(22-23)12-4-3-5-13(20)10-12/h1-10H,11H2,(H,21,24). The molecule has 25 heavy (non-hydrogen) atoms. The molecular formula is C18H13BrClN3O2. The van der Waals surface area contributed by atoms with Crippen LogP contribution in [-0.2, 0) is 11.3 Å². The minimum absolute atomic E-state index is 0.186. The van der Waals surface area contributed by atoms with Gasteiger partial charge in [0.1, 0.15) is 6.54 Å². The van der Waals surface area contributed by atoms with Gasteiger partial charge in [0.25, 0.3) is 5.56 Å². The largest absolute Gasteiger partial charge is 0.323 e. The van der Waals surface area contributed by atoms with Gasteiger partial charge in [0.05, 0.1) is 11.4 Å². The van der Waals surface area contributed by atoms with E-state index in [-0.39, 0.29) is 18.0 Å². The molecule has 7 heteroatoms. The fourth-order valence-electron chi connectivity index (χ4n) is 2.25. The number of para-hydroxylation sites is 1. The molecule has 3 aromatic rings. The number of hydrogen-bond acceptors (Lipinski definition) is 3. The number of anilines is 1. The first-order valence-electron chi connectivity index (χ1n) is 7.41. The van der Waals surface area contributed by atoms with Crippen LogP contribution in [0.25, 0.3) is 11.3 Å². The Bertz CT molecular complexity index is 988. The van der Waals surface area contributed by atoms with E-state index >= 15 is 0 Å². The summed E-state index contributed by atoms with van der Waals surface area (Å²) >= 11 is 9.35. The van der Waals surface area contributed by atoms with E-state index < -0.39 is 0 Å². The van der Waals surface area contributed by atoms with Crippen LogP contribution < -0.4 is 10.9 Å². The molecule has 1 aromatic heterocycles. The van der Waals surface area contributed by atoms with Crippen LogP contribution in [0.5, 0.6) is 0 Å². The van der Waals surface area contributed by atoms with Gasteiger partial charge in [-0.3, -0.25) is 9.59 Å². The first-order chi connectivity index (χ1) is 12.0. The molecule has 0 unspecified atom stereocenters. The minimum Gasteiger partial charge on any atom is -0.323 e. The molecule has 3 rings (SSSR count). The van der Waals surface area contributed by atoms with Gasteiger partial charge in [0, 0.05) is 21.1 Å². The Labute approximate surface area is 157 Å². The average Bonchev–Trinajstić information content (AvgIpc) is 2.59. The Hall–Kier alpha value is -2.44. The molecule has 0 saturated carbocycles. The number of nitrogens with one attached hydrogen (secondary N) is 1. The summed E-state index contributed by atoms with van der Waals surface area (Å²) in [6.45, 7) is -0.186. The Kier molecular flexibility index (Phi) is 5.31. The molecule has 0 bridgehead atoms. The predicted molar refractivity (Wildman–Crippen MR) is 102 cm³/mol. The zero-order chi connectivity index (χ0) is 17.8. The topological polar surface area (TPSA) is 64.0 Å². The third-order valence-electron chi connectivity index (χ3n) is 3.43. The number of rotatable bonds is 4. The van der Waals surface area contributed by atoms with E-state index in [1.807, 2.05) is 24.3 Å². The SMILES string of the molecule is O=C(Cn1nc(-c2cccc(Cl)c2)ccc1=O)Nc1ccccc1Br. The van der Waals surface area contributed by atoms with Crippen molar-refractivity contribution < 1.29 is 4.79 Å². The number of hydrogen-bond donors (Lipinski definition) is 1. The van der Waals surface area contributed by atoms with Gasteiger partial charge in [-0.15, -0.1) is 0 Å². The fourth-order valence-corrected chi connectivity index (χ4v) is 2.83. The molecule has 1 heterocycles. The molecule has 2 aromatic carbocycles. The summed E-state index contributed by atoms with van der Waals surface area (Å²) in [4.78, 5) is 24.2. The van der Waals surface area contributed by atoms with Crippen molar-refractivity contribution in [3.63, 3.8) is 0 Å². The minimum atomic E-state index is -0.354. The molecule has 1 amide bonds. The molecule has 126 valence electrons. The summed E-state index contributed by atoms with van der Waals surface area (Å²) in [5.74, 6) is -0.343. The van der Waals surface area contributed by atoms with Crippen LogP contribution in [-0.4, -0.2) is 15.7 Å². The normalized spacial score (nSPS) is 10.5. The van der Waals surface area contributed by atoms with Gasteiger partial charge < -0.3 is 5.32 Å². The number of benzene rings is 2. The van der Waals surface area contributed by atoms with E-state index in [4.69, 9.17) is 11.6 Å². The van der Waals surface area contributed by atoms with Gasteiger partial charge >= 0.3 is 0 Å². The lowest BCUT2D eigenvalue weighted by Crippen LogP contribution is -2.29. The van der Waals surface area contributed by atoms with E-state index in [1.165, 1.54) is 6.07 Å². The maximum atomic E-state index is 12.2. The molecule has 0 radical (unpaired) electrons. The van der Waals surface area contributed by atoms with Crippen molar-refractivity contribution in [2.75, 3.05) is 5.32 Å². The van der Waals surface area contributed by atoms with Gasteiger partial charge in [0.2, 0.25) is 5.91 Å². The van der Waals surface area contributed by atoms with Crippen LogP contribution in [0.15, 0.2) is 69.9 Å². The Morgan fingerprint density at radius 1 is 1.12 bits per heavy atom. The number of halogens is 2. The van der Waals surface area contributed by atoms with Crippen LogP contribution in [0.3, 0.4) is 0 Å². The summed E-state index contributed by atoms with van der Waals surface area (Å²) in [6.07, 6.45) is 0. The highest BCUT2D eigenvalue weighted by molar-refractivity contribution is 9.10. The van der Waals surface area contributed by atoms with Crippen LogP contribution in [0.1, 0.15) is 0 Å². The van der Waals surface area contributed by atoms with Gasteiger partial charge in [0.15, 0.2) is 0 Å². The van der Waals surface area contributed by atoms with Crippen molar-refractivity contribution in [3.05, 3.63) is 80.5 Å². The van der Waals surface area contributed by atoms with E-state index in [1.54, 1.807) is 30.3 Å². The zero-order valence-electron chi connectivity index (χ0n) is 12.9. The second-order valence-electron chi connectivity index (χ2n) is 5.25. The molecule has 1 N–H and O–H groups in total. The Morgan fingerprint density at radius 2 is 1.92 bits per heavy atom. The molecule has 0 spiro atoms. The molecule has 0 aliphatic rings. The van der Waals surface area contributed by atoms with Crippen LogP contribution in [0, 0.1) is 0 Å². The number of carbonyl (C=O) groups excluding carboxylic acids is 1. The highest BCUT2D eigenvalue weighted by Crippen LogP contribution is 2.21. The maximum absolute atomic E-state index is 12.2. The first-order valence-corrected chi connectivity index (χ1v) is 8.58. The average molecular weight is 419 g/mol. The maximum Gasteiger partial charge on any atom is 0.267 e. The molecule has 0 saturated heterocycles. The monoisotopic (exact) mass is 417 g/mol. The zero-order valence-corrected chi connectivity index (χ0v) is 15.3. The van der Waals surface area contributed by atoms with Gasteiger partial charge in [-0.05, 0) is 46.3 Å². The van der Waals surface area contributed by atoms with Gasteiger partial charge in [-0.1, -0.05) is 35.9 Å². The van der Waals surface area contributed by atoms with Crippen LogP contribution in [0.2, 0.25) is 5.02 Å². The molecule has 0 fully saturated rings. The van der Waals surface area contributed by atoms with E-state index in [2.05, 4.69) is 26.3 Å². The van der Waals surface area contributed by atoms with Crippen LogP contribution in [0.4, 0.5) is 5.69 Å². The third kappa shape index (κ3) is 4.35. The van der Waals surface area contributed by atoms with E-state index in [0.29, 0.717) is 16.4 Å². The number of carbonyl (C=O) groups is 1.